The fraction of sp³-hybridized carbons (Fsp3) is 0.464. The second kappa shape index (κ2) is 10.2. The summed E-state index contributed by atoms with van der Waals surface area (Å²) in [6.07, 6.45) is 11.1. The number of hydrogen-bond acceptors (Lipinski definition) is 1. The molecule has 1 aromatic heterocycles. The molecule has 3 aromatic rings. The number of fused-ring (bicyclic) bond motifs is 2. The van der Waals surface area contributed by atoms with Crippen LogP contribution in [0.5, 0.6) is 0 Å². The van der Waals surface area contributed by atoms with Gasteiger partial charge in [-0.25, -0.2) is 0 Å². The summed E-state index contributed by atoms with van der Waals surface area (Å²) in [4.78, 5) is 14.9. The van der Waals surface area contributed by atoms with E-state index in [1.807, 2.05) is 11.9 Å². The van der Waals surface area contributed by atoms with Crippen molar-refractivity contribution < 1.29 is 4.79 Å². The smallest absolute Gasteiger partial charge is 0.258 e. The van der Waals surface area contributed by atoms with Gasteiger partial charge in [0.15, 0.2) is 0 Å². The Morgan fingerprint density at radius 3 is 2.48 bits per heavy atom. The Kier molecular flexibility index (Phi) is 7.59. The minimum atomic E-state index is 0. The first-order valence-electron chi connectivity index (χ1n) is 11.6. The van der Waals surface area contributed by atoms with Gasteiger partial charge in [-0.1, -0.05) is 65.5 Å². The third-order valence-electron chi connectivity index (χ3n) is 6.34. The van der Waals surface area contributed by atoms with Gasteiger partial charge in [-0.3, -0.25) is 4.79 Å². The fourth-order valence-corrected chi connectivity index (χ4v) is 4.07. The Morgan fingerprint density at radius 1 is 1.00 bits per heavy atom. The Labute approximate surface area is 188 Å². The average Bonchev–Trinajstić information content (AvgIpc) is 3.35. The van der Waals surface area contributed by atoms with Crippen molar-refractivity contribution in [2.24, 2.45) is 13.0 Å². The molecule has 0 saturated heterocycles. The summed E-state index contributed by atoms with van der Waals surface area (Å²) < 4.78 is 2.10. The highest BCUT2D eigenvalue weighted by Crippen LogP contribution is 2.31. The van der Waals surface area contributed by atoms with E-state index in [0.29, 0.717) is 6.54 Å². The minimum Gasteiger partial charge on any atom is -0.351 e. The number of aromatic nitrogens is 1. The molecule has 2 aliphatic rings. The molecule has 3 nitrogen and oxygen atoms in total. The van der Waals surface area contributed by atoms with Crippen LogP contribution in [-0.4, -0.2) is 10.5 Å². The van der Waals surface area contributed by atoms with E-state index in [-0.39, 0.29) is 13.3 Å². The molecule has 0 unspecified atom stereocenters. The molecule has 0 radical (unpaired) electrons. The van der Waals surface area contributed by atoms with Crippen molar-refractivity contribution in [3.63, 3.8) is 0 Å². The van der Waals surface area contributed by atoms with Crippen molar-refractivity contribution >= 4 is 22.5 Å². The van der Waals surface area contributed by atoms with Gasteiger partial charge in [-0.15, -0.1) is 0 Å². The fourth-order valence-electron chi connectivity index (χ4n) is 4.07. The van der Waals surface area contributed by atoms with E-state index in [1.54, 1.807) is 0 Å². The molecule has 2 aromatic carbocycles. The number of anilines is 1. The molecule has 1 amide bonds. The number of hydrogen-bond donors (Lipinski definition) is 0. The number of rotatable bonds is 6. The number of carbonyl (C=O) groups excluding carboxylic acids is 1. The van der Waals surface area contributed by atoms with Gasteiger partial charge < -0.3 is 9.47 Å². The predicted octanol–water partition coefficient (Wildman–Crippen LogP) is 7.51. The monoisotopic (exact) mass is 418 g/mol. The van der Waals surface area contributed by atoms with Crippen LogP contribution in [-0.2, 0) is 20.0 Å². The van der Waals surface area contributed by atoms with Gasteiger partial charge in [0.25, 0.3) is 5.91 Å². The van der Waals surface area contributed by atoms with E-state index in [9.17, 15) is 4.79 Å². The summed E-state index contributed by atoms with van der Waals surface area (Å²) >= 11 is 0. The van der Waals surface area contributed by atoms with Crippen LogP contribution < -0.4 is 4.90 Å². The normalized spacial score (nSPS) is 14.8. The zero-order valence-electron chi connectivity index (χ0n) is 18.7. The maximum Gasteiger partial charge on any atom is 0.258 e. The van der Waals surface area contributed by atoms with Crippen LogP contribution in [0.15, 0.2) is 48.7 Å². The lowest BCUT2D eigenvalue weighted by molar-refractivity contribution is 0.0996. The van der Waals surface area contributed by atoms with Crippen LogP contribution in [0.3, 0.4) is 0 Å². The number of nitrogens with zero attached hydrogens (tertiary/aromatic N) is 2. The van der Waals surface area contributed by atoms with Gasteiger partial charge in [0.1, 0.15) is 0 Å². The molecule has 0 atom stereocenters. The molecular weight excluding hydrogens is 380 g/mol. The van der Waals surface area contributed by atoms with E-state index in [1.165, 1.54) is 55.0 Å². The molecule has 1 aliphatic heterocycles. The van der Waals surface area contributed by atoms with Crippen LogP contribution in [0.4, 0.5) is 5.69 Å². The van der Waals surface area contributed by atoms with Crippen molar-refractivity contribution in [1.82, 2.24) is 4.57 Å². The van der Waals surface area contributed by atoms with E-state index in [4.69, 9.17) is 0 Å². The first-order chi connectivity index (χ1) is 14.6. The van der Waals surface area contributed by atoms with Crippen molar-refractivity contribution in [1.29, 1.82) is 0 Å². The van der Waals surface area contributed by atoms with Crippen molar-refractivity contribution in [3.05, 3.63) is 65.4 Å². The minimum absolute atomic E-state index is 0. The Bertz CT molecular complexity index is 1030. The van der Waals surface area contributed by atoms with Crippen molar-refractivity contribution in [2.45, 2.75) is 72.8 Å². The second-order valence-electron chi connectivity index (χ2n) is 9.05. The lowest BCUT2D eigenvalue weighted by atomic mass is 10.0. The summed E-state index contributed by atoms with van der Waals surface area (Å²) in [7, 11) is 2.04. The van der Waals surface area contributed by atoms with Crippen LogP contribution in [0.2, 0.25) is 0 Å². The molecule has 0 spiro atoms. The standard InChI is InChI=1S/C23H26N2O.C4H8.CH4/c1-3-4-5-6-7-17-8-9-19-16-25(23(26)21(19)14-17)20-10-11-22-18(15-20)12-13-24(22)2;1-4-2-3-4;/h8-15H,3-7,16H2,1-2H3;4H,2-3H2,1H3;1H4. The third-order valence-corrected chi connectivity index (χ3v) is 6.34. The number of aryl methyl sites for hydroxylation is 2. The van der Waals surface area contributed by atoms with Crippen LogP contribution >= 0.6 is 0 Å². The van der Waals surface area contributed by atoms with Gasteiger partial charge >= 0.3 is 0 Å². The zero-order valence-corrected chi connectivity index (χ0v) is 18.7. The quantitative estimate of drug-likeness (QED) is 0.380. The first kappa shape index (κ1) is 23.1. The molecule has 0 N–H and O–H groups in total. The maximum atomic E-state index is 13.0. The second-order valence-corrected chi connectivity index (χ2v) is 9.05. The molecule has 166 valence electrons. The van der Waals surface area contributed by atoms with Gasteiger partial charge in [0.05, 0.1) is 6.54 Å². The van der Waals surface area contributed by atoms with Crippen LogP contribution in [0.1, 0.15) is 81.3 Å². The maximum absolute atomic E-state index is 13.0. The van der Waals surface area contributed by atoms with Crippen LogP contribution in [0.25, 0.3) is 10.9 Å². The lowest BCUT2D eigenvalue weighted by Crippen LogP contribution is -2.22. The van der Waals surface area contributed by atoms with Gasteiger partial charge in [-0.2, -0.15) is 0 Å². The summed E-state index contributed by atoms with van der Waals surface area (Å²) in [5.41, 5.74) is 5.47. The van der Waals surface area contributed by atoms with E-state index < -0.39 is 0 Å². The summed E-state index contributed by atoms with van der Waals surface area (Å²) in [6.45, 7) is 5.18. The Morgan fingerprint density at radius 2 is 1.77 bits per heavy atom. The van der Waals surface area contributed by atoms with E-state index in [0.717, 1.165) is 29.2 Å². The molecule has 1 aliphatic carbocycles. The van der Waals surface area contributed by atoms with E-state index >= 15 is 0 Å². The Hall–Kier alpha value is -2.55. The van der Waals surface area contributed by atoms with Crippen molar-refractivity contribution in [3.8, 4) is 0 Å². The summed E-state index contributed by atoms with van der Waals surface area (Å²) in [5, 5.41) is 1.17. The molecule has 3 heteroatoms. The van der Waals surface area contributed by atoms with E-state index in [2.05, 4.69) is 67.1 Å². The number of unbranched alkanes of at least 4 members (excludes halogenated alkanes) is 3. The molecule has 1 fully saturated rings. The third kappa shape index (κ3) is 5.39. The lowest BCUT2D eigenvalue weighted by Gasteiger charge is -2.16. The molecular formula is C28H38N2O. The largest absolute Gasteiger partial charge is 0.351 e. The average molecular weight is 419 g/mol. The number of amides is 1. The number of benzene rings is 2. The topological polar surface area (TPSA) is 25.2 Å². The van der Waals surface area contributed by atoms with Gasteiger partial charge in [0.2, 0.25) is 0 Å². The predicted molar refractivity (Wildman–Crippen MR) is 133 cm³/mol. The molecule has 1 saturated carbocycles. The SMILES string of the molecule is C.CC1CC1.CCCCCCc1ccc2c(c1)C(=O)N(c1ccc3c(ccn3C)c1)C2. The van der Waals surface area contributed by atoms with Gasteiger partial charge in [-0.05, 0) is 60.2 Å². The van der Waals surface area contributed by atoms with Gasteiger partial charge in [0, 0.05) is 35.4 Å². The summed E-state index contributed by atoms with van der Waals surface area (Å²) in [5.74, 6) is 1.21. The first-order valence-corrected chi connectivity index (χ1v) is 11.6. The number of carbonyl (C=O) groups is 1. The molecule has 0 bridgehead atoms. The highest BCUT2D eigenvalue weighted by atomic mass is 16.2. The Balaban J connectivity index is 0.000000491. The summed E-state index contributed by atoms with van der Waals surface area (Å²) in [6, 6.07) is 14.8. The van der Waals surface area contributed by atoms with Crippen LogP contribution in [0, 0.1) is 5.92 Å². The molecule has 31 heavy (non-hydrogen) atoms. The highest BCUT2D eigenvalue weighted by molar-refractivity contribution is 6.10. The van der Waals surface area contributed by atoms with Crippen molar-refractivity contribution in [2.75, 3.05) is 4.90 Å². The highest BCUT2D eigenvalue weighted by Gasteiger charge is 2.28. The molecule has 5 rings (SSSR count). The zero-order chi connectivity index (χ0) is 21.1. The molecule has 2 heterocycles.